The SMILES string of the molecule is CCC(NC(=O)c1c(O)cccc1O)c1nccs1. The Morgan fingerprint density at radius 1 is 1.42 bits per heavy atom. The van der Waals surface area contributed by atoms with Crippen molar-refractivity contribution in [2.75, 3.05) is 0 Å². The number of thiazole rings is 1. The molecule has 1 unspecified atom stereocenters. The fourth-order valence-corrected chi connectivity index (χ4v) is 2.51. The lowest BCUT2D eigenvalue weighted by molar-refractivity contribution is 0.0930. The molecule has 0 aliphatic carbocycles. The van der Waals surface area contributed by atoms with Crippen molar-refractivity contribution in [1.82, 2.24) is 10.3 Å². The van der Waals surface area contributed by atoms with Crippen molar-refractivity contribution >= 4 is 17.2 Å². The molecule has 19 heavy (non-hydrogen) atoms. The van der Waals surface area contributed by atoms with Gasteiger partial charge in [-0.15, -0.1) is 11.3 Å². The molecule has 2 aromatic rings. The predicted molar refractivity (Wildman–Crippen MR) is 72.4 cm³/mol. The highest BCUT2D eigenvalue weighted by Gasteiger charge is 2.20. The zero-order valence-corrected chi connectivity index (χ0v) is 11.1. The largest absolute Gasteiger partial charge is 0.507 e. The minimum Gasteiger partial charge on any atom is -0.507 e. The molecule has 3 N–H and O–H groups in total. The predicted octanol–water partition coefficient (Wildman–Crippen LogP) is 2.44. The molecule has 0 fully saturated rings. The second kappa shape index (κ2) is 5.71. The van der Waals surface area contributed by atoms with Gasteiger partial charge in [0.05, 0.1) is 6.04 Å². The molecule has 1 aromatic carbocycles. The number of hydrogen-bond acceptors (Lipinski definition) is 5. The van der Waals surface area contributed by atoms with E-state index in [0.717, 1.165) is 5.01 Å². The first kappa shape index (κ1) is 13.4. The highest BCUT2D eigenvalue weighted by molar-refractivity contribution is 7.09. The fraction of sp³-hybridized carbons (Fsp3) is 0.231. The van der Waals surface area contributed by atoms with E-state index in [4.69, 9.17) is 0 Å². The topological polar surface area (TPSA) is 82.5 Å². The monoisotopic (exact) mass is 278 g/mol. The van der Waals surface area contributed by atoms with Crippen molar-refractivity contribution < 1.29 is 15.0 Å². The number of carbonyl (C=O) groups is 1. The van der Waals surface area contributed by atoms with Gasteiger partial charge < -0.3 is 15.5 Å². The van der Waals surface area contributed by atoms with Crippen LogP contribution in [-0.4, -0.2) is 21.1 Å². The summed E-state index contributed by atoms with van der Waals surface area (Å²) in [4.78, 5) is 16.3. The summed E-state index contributed by atoms with van der Waals surface area (Å²) in [5.74, 6) is -1.00. The minimum absolute atomic E-state index is 0.113. The third-order valence-corrected chi connectivity index (χ3v) is 3.60. The molecule has 0 aliphatic heterocycles. The molecule has 0 radical (unpaired) electrons. The molecule has 5 nitrogen and oxygen atoms in total. The average Bonchev–Trinajstić information content (AvgIpc) is 2.89. The lowest BCUT2D eigenvalue weighted by Gasteiger charge is -2.15. The third kappa shape index (κ3) is 2.85. The summed E-state index contributed by atoms with van der Waals surface area (Å²) in [5, 5.41) is 24.7. The number of carbonyl (C=O) groups excluding carboxylic acids is 1. The molecule has 0 bridgehead atoms. The van der Waals surface area contributed by atoms with Crippen LogP contribution in [0.25, 0.3) is 0 Å². The molecule has 2 rings (SSSR count). The molecular weight excluding hydrogens is 264 g/mol. The standard InChI is InChI=1S/C13H14N2O3S/c1-2-8(13-14-6-7-19-13)15-12(18)11-9(16)4-3-5-10(11)17/h3-8,16-17H,2H2,1H3,(H,15,18). The molecule has 1 amide bonds. The van der Waals surface area contributed by atoms with Crippen molar-refractivity contribution in [3.05, 3.63) is 40.3 Å². The van der Waals surface area contributed by atoms with Gasteiger partial charge in [-0.25, -0.2) is 4.98 Å². The van der Waals surface area contributed by atoms with E-state index in [1.807, 2.05) is 12.3 Å². The maximum Gasteiger partial charge on any atom is 0.259 e. The number of nitrogens with zero attached hydrogens (tertiary/aromatic N) is 1. The van der Waals surface area contributed by atoms with E-state index < -0.39 is 5.91 Å². The summed E-state index contributed by atoms with van der Waals surface area (Å²) in [5.41, 5.74) is -0.113. The number of hydrogen-bond donors (Lipinski definition) is 3. The van der Waals surface area contributed by atoms with E-state index in [9.17, 15) is 15.0 Å². The smallest absolute Gasteiger partial charge is 0.259 e. The quantitative estimate of drug-likeness (QED) is 0.802. The summed E-state index contributed by atoms with van der Waals surface area (Å²) in [6, 6.07) is 3.96. The Bertz CT molecular complexity index is 549. The summed E-state index contributed by atoms with van der Waals surface area (Å²) < 4.78 is 0. The van der Waals surface area contributed by atoms with Crippen molar-refractivity contribution in [3.63, 3.8) is 0 Å². The molecule has 1 heterocycles. The number of amides is 1. The number of aromatic hydroxyl groups is 2. The van der Waals surface area contributed by atoms with Crippen LogP contribution in [0.4, 0.5) is 0 Å². The number of rotatable bonds is 4. The third-order valence-electron chi connectivity index (χ3n) is 2.71. The van der Waals surface area contributed by atoms with E-state index in [2.05, 4.69) is 10.3 Å². The first-order chi connectivity index (χ1) is 9.13. The lowest BCUT2D eigenvalue weighted by atomic mass is 10.1. The van der Waals surface area contributed by atoms with Crippen LogP contribution in [0.5, 0.6) is 11.5 Å². The second-order valence-corrected chi connectivity index (χ2v) is 4.90. The van der Waals surface area contributed by atoms with Gasteiger partial charge in [0.25, 0.3) is 5.91 Å². The number of nitrogens with one attached hydrogen (secondary N) is 1. The fourth-order valence-electron chi connectivity index (χ4n) is 1.74. The van der Waals surface area contributed by atoms with E-state index in [1.54, 1.807) is 6.20 Å². The minimum atomic E-state index is -0.516. The molecule has 1 aromatic heterocycles. The summed E-state index contributed by atoms with van der Waals surface area (Å²) in [6.07, 6.45) is 2.35. The van der Waals surface area contributed by atoms with Gasteiger partial charge in [0, 0.05) is 11.6 Å². The highest BCUT2D eigenvalue weighted by Crippen LogP contribution is 2.27. The number of phenolic OH excluding ortho intramolecular Hbond substituents is 2. The Balaban J connectivity index is 2.21. The normalized spacial score (nSPS) is 12.1. The van der Waals surface area contributed by atoms with Gasteiger partial charge in [-0.05, 0) is 18.6 Å². The van der Waals surface area contributed by atoms with Crippen LogP contribution < -0.4 is 5.32 Å². The first-order valence-corrected chi connectivity index (χ1v) is 6.72. The Labute approximate surface area is 114 Å². The van der Waals surface area contributed by atoms with Crippen molar-refractivity contribution in [2.45, 2.75) is 19.4 Å². The average molecular weight is 278 g/mol. The van der Waals surface area contributed by atoms with Gasteiger partial charge in [-0.2, -0.15) is 0 Å². The summed E-state index contributed by atoms with van der Waals surface area (Å²) >= 11 is 1.45. The zero-order valence-electron chi connectivity index (χ0n) is 10.3. The van der Waals surface area contributed by atoms with Gasteiger partial charge in [0.2, 0.25) is 0 Å². The number of phenols is 2. The van der Waals surface area contributed by atoms with Crippen LogP contribution in [0.3, 0.4) is 0 Å². The summed E-state index contributed by atoms with van der Waals surface area (Å²) in [7, 11) is 0. The molecule has 1 atom stereocenters. The molecule has 0 saturated heterocycles. The molecular formula is C13H14N2O3S. The molecule has 0 spiro atoms. The van der Waals surface area contributed by atoms with Crippen LogP contribution in [0.1, 0.15) is 34.8 Å². The van der Waals surface area contributed by atoms with Crippen LogP contribution in [0, 0.1) is 0 Å². The number of benzene rings is 1. The molecule has 0 aliphatic rings. The highest BCUT2D eigenvalue weighted by atomic mass is 32.1. The van der Waals surface area contributed by atoms with Gasteiger partial charge in [-0.1, -0.05) is 13.0 Å². The van der Waals surface area contributed by atoms with Crippen LogP contribution in [0.2, 0.25) is 0 Å². The van der Waals surface area contributed by atoms with Gasteiger partial charge in [0.15, 0.2) is 0 Å². The lowest BCUT2D eigenvalue weighted by Crippen LogP contribution is -2.28. The Kier molecular flexibility index (Phi) is 4.01. The molecule has 100 valence electrons. The van der Waals surface area contributed by atoms with E-state index >= 15 is 0 Å². The van der Waals surface area contributed by atoms with Crippen LogP contribution in [0.15, 0.2) is 29.8 Å². The van der Waals surface area contributed by atoms with E-state index in [0.29, 0.717) is 6.42 Å². The Morgan fingerprint density at radius 2 is 2.11 bits per heavy atom. The van der Waals surface area contributed by atoms with E-state index in [-0.39, 0.29) is 23.1 Å². The van der Waals surface area contributed by atoms with E-state index in [1.165, 1.54) is 29.5 Å². The van der Waals surface area contributed by atoms with Gasteiger partial charge in [-0.3, -0.25) is 4.79 Å². The van der Waals surface area contributed by atoms with Crippen LogP contribution >= 0.6 is 11.3 Å². The second-order valence-electron chi connectivity index (χ2n) is 3.98. The number of aromatic nitrogens is 1. The molecule has 0 saturated carbocycles. The maximum absolute atomic E-state index is 12.1. The zero-order chi connectivity index (χ0) is 13.8. The van der Waals surface area contributed by atoms with Gasteiger partial charge in [0.1, 0.15) is 22.1 Å². The van der Waals surface area contributed by atoms with Crippen molar-refractivity contribution in [1.29, 1.82) is 0 Å². The van der Waals surface area contributed by atoms with Crippen molar-refractivity contribution in [2.24, 2.45) is 0 Å². The molecule has 6 heteroatoms. The van der Waals surface area contributed by atoms with Crippen molar-refractivity contribution in [3.8, 4) is 11.5 Å². The maximum atomic E-state index is 12.1. The van der Waals surface area contributed by atoms with Crippen LogP contribution in [-0.2, 0) is 0 Å². The first-order valence-electron chi connectivity index (χ1n) is 5.84. The van der Waals surface area contributed by atoms with Gasteiger partial charge >= 0.3 is 0 Å². The Morgan fingerprint density at radius 3 is 2.63 bits per heavy atom. The summed E-state index contributed by atoms with van der Waals surface area (Å²) in [6.45, 7) is 1.93. The Hall–Kier alpha value is -2.08.